The van der Waals surface area contributed by atoms with Gasteiger partial charge in [-0.05, 0) is 5.92 Å². The van der Waals surface area contributed by atoms with Crippen LogP contribution >= 0.6 is 0 Å². The van der Waals surface area contributed by atoms with Crippen molar-refractivity contribution in [2.75, 3.05) is 18.4 Å². The fourth-order valence-electron chi connectivity index (χ4n) is 0.841. The molecule has 0 saturated carbocycles. The molecule has 13 heavy (non-hydrogen) atoms. The van der Waals surface area contributed by atoms with Gasteiger partial charge in [-0.25, -0.2) is 0 Å². The summed E-state index contributed by atoms with van der Waals surface area (Å²) in [6.45, 7) is 5.60. The highest BCUT2D eigenvalue weighted by atomic mass is 16.4. The molecule has 74 valence electrons. The number of hydrogen-bond donors (Lipinski definition) is 2. The highest BCUT2D eigenvalue weighted by Crippen LogP contribution is 2.06. The number of nitrogens with zero attached hydrogens (tertiary/aromatic N) is 2. The van der Waals surface area contributed by atoms with Crippen LogP contribution in [0.25, 0.3) is 0 Å². The second kappa shape index (κ2) is 4.81. The molecule has 0 saturated heterocycles. The Morgan fingerprint density at radius 2 is 2.23 bits per heavy atom. The second-order valence-electron chi connectivity index (χ2n) is 3.31. The first kappa shape index (κ1) is 9.98. The molecule has 0 spiro atoms. The number of rotatable bonds is 5. The highest BCUT2D eigenvalue weighted by Gasteiger charge is 2.04. The average molecular weight is 184 g/mol. The molecule has 5 heteroatoms. The van der Waals surface area contributed by atoms with Gasteiger partial charge in [0.25, 0.3) is 0 Å². The van der Waals surface area contributed by atoms with E-state index in [4.69, 9.17) is 10.2 Å². The van der Waals surface area contributed by atoms with Crippen LogP contribution < -0.4 is 11.1 Å². The second-order valence-corrected chi connectivity index (χ2v) is 3.31. The summed E-state index contributed by atoms with van der Waals surface area (Å²) in [6.07, 6.45) is 0.635. The Bertz CT molecular complexity index is 246. The lowest BCUT2D eigenvalue weighted by atomic mass is 10.2. The zero-order valence-electron chi connectivity index (χ0n) is 8.08. The standard InChI is InChI=1S/C8H16N4O/c1-6(2)5-10-8-12-11-7(13-8)3-4-9/h6H,3-5,9H2,1-2H3,(H,10,12). The van der Waals surface area contributed by atoms with Crippen LogP contribution in [0.5, 0.6) is 0 Å². The van der Waals surface area contributed by atoms with Crippen molar-refractivity contribution >= 4 is 6.01 Å². The van der Waals surface area contributed by atoms with E-state index in [2.05, 4.69) is 29.4 Å². The molecule has 0 aromatic carbocycles. The van der Waals surface area contributed by atoms with Crippen molar-refractivity contribution in [2.24, 2.45) is 11.7 Å². The van der Waals surface area contributed by atoms with Gasteiger partial charge < -0.3 is 15.5 Å². The quantitative estimate of drug-likeness (QED) is 0.702. The van der Waals surface area contributed by atoms with Gasteiger partial charge in [-0.15, -0.1) is 5.10 Å². The van der Waals surface area contributed by atoms with Crippen molar-refractivity contribution in [1.29, 1.82) is 0 Å². The molecule has 0 fully saturated rings. The molecule has 0 atom stereocenters. The van der Waals surface area contributed by atoms with Crippen LogP contribution in [0.15, 0.2) is 4.42 Å². The molecule has 0 aliphatic carbocycles. The van der Waals surface area contributed by atoms with E-state index in [1.165, 1.54) is 0 Å². The maximum atomic E-state index is 5.34. The zero-order chi connectivity index (χ0) is 9.68. The van der Waals surface area contributed by atoms with Crippen LogP contribution in [0, 0.1) is 5.92 Å². The summed E-state index contributed by atoms with van der Waals surface area (Å²) in [6, 6.07) is 0.483. The van der Waals surface area contributed by atoms with Crippen molar-refractivity contribution in [3.8, 4) is 0 Å². The Morgan fingerprint density at radius 1 is 1.46 bits per heavy atom. The molecule has 0 bridgehead atoms. The fourth-order valence-corrected chi connectivity index (χ4v) is 0.841. The summed E-state index contributed by atoms with van der Waals surface area (Å²) in [4.78, 5) is 0. The summed E-state index contributed by atoms with van der Waals surface area (Å²) in [5.74, 6) is 1.15. The Balaban J connectivity index is 2.39. The molecule has 0 unspecified atom stereocenters. The number of anilines is 1. The van der Waals surface area contributed by atoms with Gasteiger partial charge in [-0.1, -0.05) is 18.9 Å². The lowest BCUT2D eigenvalue weighted by Crippen LogP contribution is -2.07. The fraction of sp³-hybridized carbons (Fsp3) is 0.750. The van der Waals surface area contributed by atoms with Gasteiger partial charge in [0.1, 0.15) is 0 Å². The Kier molecular flexibility index (Phi) is 3.70. The van der Waals surface area contributed by atoms with Crippen molar-refractivity contribution in [1.82, 2.24) is 10.2 Å². The summed E-state index contributed by atoms with van der Waals surface area (Å²) < 4.78 is 5.26. The minimum absolute atomic E-state index is 0.483. The lowest BCUT2D eigenvalue weighted by Gasteiger charge is -2.02. The topological polar surface area (TPSA) is 77.0 Å². The van der Waals surface area contributed by atoms with Crippen molar-refractivity contribution in [3.63, 3.8) is 0 Å². The maximum Gasteiger partial charge on any atom is 0.315 e. The maximum absolute atomic E-state index is 5.34. The molecule has 0 radical (unpaired) electrons. The van der Waals surface area contributed by atoms with E-state index in [0.29, 0.717) is 30.8 Å². The predicted octanol–water partition coefficient (Wildman–Crippen LogP) is 0.639. The molecule has 5 nitrogen and oxygen atoms in total. The van der Waals surface area contributed by atoms with Crippen LogP contribution in [-0.2, 0) is 6.42 Å². The van der Waals surface area contributed by atoms with E-state index in [-0.39, 0.29) is 0 Å². The smallest absolute Gasteiger partial charge is 0.315 e. The number of nitrogens with one attached hydrogen (secondary N) is 1. The van der Waals surface area contributed by atoms with E-state index < -0.39 is 0 Å². The van der Waals surface area contributed by atoms with Gasteiger partial charge in [-0.2, -0.15) is 0 Å². The Labute approximate surface area is 77.7 Å². The van der Waals surface area contributed by atoms with Crippen LogP contribution in [0.2, 0.25) is 0 Å². The molecule has 0 amide bonds. The van der Waals surface area contributed by atoms with Crippen LogP contribution in [0.3, 0.4) is 0 Å². The van der Waals surface area contributed by atoms with Gasteiger partial charge in [0.05, 0.1) is 0 Å². The normalized spacial score (nSPS) is 10.8. The summed E-state index contributed by atoms with van der Waals surface area (Å²) in [5, 5.41) is 10.7. The van der Waals surface area contributed by atoms with Gasteiger partial charge in [0.15, 0.2) is 0 Å². The van der Waals surface area contributed by atoms with Crippen molar-refractivity contribution < 1.29 is 4.42 Å². The summed E-state index contributed by atoms with van der Waals surface area (Å²) in [7, 11) is 0. The van der Waals surface area contributed by atoms with Crippen LogP contribution in [0.1, 0.15) is 19.7 Å². The molecule has 0 aliphatic rings. The third-order valence-corrected chi connectivity index (χ3v) is 1.49. The largest absolute Gasteiger partial charge is 0.408 e. The first-order valence-electron chi connectivity index (χ1n) is 4.48. The van der Waals surface area contributed by atoms with E-state index in [9.17, 15) is 0 Å². The molecule has 0 aliphatic heterocycles. The molecule has 1 rings (SSSR count). The van der Waals surface area contributed by atoms with E-state index in [0.717, 1.165) is 6.54 Å². The van der Waals surface area contributed by atoms with Gasteiger partial charge in [0, 0.05) is 19.5 Å². The number of aromatic nitrogens is 2. The molecule has 1 aromatic rings. The zero-order valence-corrected chi connectivity index (χ0v) is 8.08. The predicted molar refractivity (Wildman–Crippen MR) is 50.4 cm³/mol. The van der Waals surface area contributed by atoms with Gasteiger partial charge in [-0.3, -0.25) is 0 Å². The summed E-state index contributed by atoms with van der Waals surface area (Å²) in [5.41, 5.74) is 5.34. The monoisotopic (exact) mass is 184 g/mol. The van der Waals surface area contributed by atoms with E-state index in [1.54, 1.807) is 0 Å². The van der Waals surface area contributed by atoms with E-state index in [1.807, 2.05) is 0 Å². The molecule has 1 aromatic heterocycles. The third kappa shape index (κ3) is 3.42. The number of nitrogens with two attached hydrogens (primary N) is 1. The van der Waals surface area contributed by atoms with Gasteiger partial charge in [0.2, 0.25) is 5.89 Å². The molecule has 3 N–H and O–H groups in total. The Hall–Kier alpha value is -1.10. The lowest BCUT2D eigenvalue weighted by molar-refractivity contribution is 0.501. The van der Waals surface area contributed by atoms with Crippen LogP contribution in [-0.4, -0.2) is 23.3 Å². The Morgan fingerprint density at radius 3 is 2.85 bits per heavy atom. The van der Waals surface area contributed by atoms with Crippen molar-refractivity contribution in [2.45, 2.75) is 20.3 Å². The number of hydrogen-bond acceptors (Lipinski definition) is 5. The first-order valence-corrected chi connectivity index (χ1v) is 4.48. The van der Waals surface area contributed by atoms with Gasteiger partial charge >= 0.3 is 6.01 Å². The minimum atomic E-state index is 0.483. The highest BCUT2D eigenvalue weighted by molar-refractivity contribution is 5.16. The first-order chi connectivity index (χ1) is 6.22. The molecular weight excluding hydrogens is 168 g/mol. The average Bonchev–Trinajstić information content (AvgIpc) is 2.50. The summed E-state index contributed by atoms with van der Waals surface area (Å²) >= 11 is 0. The minimum Gasteiger partial charge on any atom is -0.408 e. The van der Waals surface area contributed by atoms with Crippen molar-refractivity contribution in [3.05, 3.63) is 5.89 Å². The molecular formula is C8H16N4O. The molecule has 1 heterocycles. The SMILES string of the molecule is CC(C)CNc1nnc(CCN)o1. The third-order valence-electron chi connectivity index (χ3n) is 1.49. The van der Waals surface area contributed by atoms with E-state index >= 15 is 0 Å². The van der Waals surface area contributed by atoms with Crippen LogP contribution in [0.4, 0.5) is 6.01 Å².